The summed E-state index contributed by atoms with van der Waals surface area (Å²) in [6.07, 6.45) is 12.3. The minimum Gasteiger partial charge on any atom is -0.354 e. The number of hydrogen-bond donors (Lipinski definition) is 5. The van der Waals surface area contributed by atoms with Gasteiger partial charge in [0.2, 0.25) is 39.5 Å². The second-order valence-corrected chi connectivity index (χ2v) is 23.6. The van der Waals surface area contributed by atoms with Gasteiger partial charge in [-0.05, 0) is 99.5 Å². The van der Waals surface area contributed by atoms with E-state index in [4.69, 9.17) is 4.52 Å². The summed E-state index contributed by atoms with van der Waals surface area (Å²) in [6, 6.07) is 3.94. The van der Waals surface area contributed by atoms with E-state index in [1.165, 1.54) is 110 Å². The van der Waals surface area contributed by atoms with Crippen molar-refractivity contribution in [1.29, 1.82) is 0 Å². The number of amides is 4. The molecule has 2 aromatic heterocycles. The normalized spacial score (nSPS) is 14.7. The highest BCUT2D eigenvalue weighted by molar-refractivity contribution is 7.89. The summed E-state index contributed by atoms with van der Waals surface area (Å²) >= 11 is 0. The van der Waals surface area contributed by atoms with Gasteiger partial charge in [-0.3, -0.25) is 23.9 Å². The van der Waals surface area contributed by atoms with Gasteiger partial charge in [0.15, 0.2) is 5.82 Å². The maximum Gasteiger partial charge on any atom is 0.223 e. The molecule has 0 atom stereocenters. The van der Waals surface area contributed by atoms with Crippen molar-refractivity contribution in [3.05, 3.63) is 30.2 Å². The fourth-order valence-electron chi connectivity index (χ4n) is 6.14. The lowest BCUT2D eigenvalue weighted by atomic mass is 9.93. The minimum atomic E-state index is -2.98. The van der Waals surface area contributed by atoms with Crippen LogP contribution in [0.4, 0.5) is 0 Å². The van der Waals surface area contributed by atoms with E-state index < -0.39 is 10.0 Å². The molecule has 5 N–H and O–H groups in total. The van der Waals surface area contributed by atoms with Crippen LogP contribution in [-0.2, 0) is 29.2 Å². The summed E-state index contributed by atoms with van der Waals surface area (Å²) in [5.41, 5.74) is 0. The van der Waals surface area contributed by atoms with E-state index in [1.54, 1.807) is 27.0 Å². The van der Waals surface area contributed by atoms with Crippen molar-refractivity contribution in [1.82, 2.24) is 55.7 Å². The first-order valence-corrected chi connectivity index (χ1v) is 27.6. The Kier molecular flexibility index (Phi) is 40.7. The van der Waals surface area contributed by atoms with Gasteiger partial charge in [0.25, 0.3) is 0 Å². The van der Waals surface area contributed by atoms with Crippen molar-refractivity contribution in [3.8, 4) is 0 Å². The highest BCUT2D eigenvalue weighted by atomic mass is 32.2. The van der Waals surface area contributed by atoms with Crippen molar-refractivity contribution in [3.63, 3.8) is 0 Å². The van der Waals surface area contributed by atoms with Gasteiger partial charge in [-0.25, -0.2) is 12.7 Å². The highest BCUT2D eigenvalue weighted by Crippen LogP contribution is 2.19. The summed E-state index contributed by atoms with van der Waals surface area (Å²) in [5.74, 6) is 3.36. The molecule has 18 nitrogen and oxygen atoms in total. The number of aromatic nitrogens is 4. The molecule has 0 bridgehead atoms. The molecule has 19 heteroatoms. The Hall–Kier alpha value is -3.94. The highest BCUT2D eigenvalue weighted by Gasteiger charge is 2.21. The Bertz CT molecular complexity index is 1720. The Morgan fingerprint density at radius 3 is 1.38 bits per heavy atom. The van der Waals surface area contributed by atoms with Crippen LogP contribution in [-0.4, -0.2) is 137 Å². The van der Waals surface area contributed by atoms with Crippen LogP contribution in [0.25, 0.3) is 0 Å². The maximum absolute atomic E-state index is 11.2. The Morgan fingerprint density at radius 2 is 1.18 bits per heavy atom. The quantitative estimate of drug-likeness (QED) is 0.136. The zero-order chi connectivity index (χ0) is 55.4. The number of aryl methyl sites for hydroxylation is 1. The molecule has 418 valence electrons. The molecule has 4 amide bonds. The smallest absolute Gasteiger partial charge is 0.223 e. The number of sulfonamides is 1. The van der Waals surface area contributed by atoms with Crippen molar-refractivity contribution in [2.24, 2.45) is 17.8 Å². The van der Waals surface area contributed by atoms with Crippen LogP contribution in [0.1, 0.15) is 195 Å². The van der Waals surface area contributed by atoms with Crippen LogP contribution in [0.2, 0.25) is 0 Å². The second-order valence-electron chi connectivity index (χ2n) is 20.9. The summed E-state index contributed by atoms with van der Waals surface area (Å²) in [6.45, 7) is 42.5. The third-order valence-corrected chi connectivity index (χ3v) is 12.4. The van der Waals surface area contributed by atoms with E-state index in [-0.39, 0.29) is 54.2 Å². The lowest BCUT2D eigenvalue weighted by Gasteiger charge is -2.28. The number of carbonyl (C=O) groups is 4. The van der Waals surface area contributed by atoms with Crippen molar-refractivity contribution in [2.75, 3.05) is 46.8 Å². The molecule has 0 radical (unpaired) electrons. The molecule has 1 saturated heterocycles. The fourth-order valence-corrected chi connectivity index (χ4v) is 6.98. The second kappa shape index (κ2) is 40.5. The SMILES string of the molecule is CC(=O)NC(C)C.CC(=O)NC(C)C.CC(C)C(=O)NC1CCC1.CC(C)C(=O)NC1CCCC1.CC(C)CN1CCNCC1.CC(C)S(=O)(=O)N(C)C.CC(C)n1cccn1.Cc1nc(C(C)C)no1.[HH]. The number of rotatable bonds is 12. The van der Waals surface area contributed by atoms with Gasteiger partial charge >= 0.3 is 0 Å². The molecule has 1 aliphatic heterocycles. The average Bonchev–Trinajstić information content (AvgIpc) is 4.05. The molecule has 0 unspecified atom stereocenters. The molecule has 3 aliphatic rings. The topological polar surface area (TPSA) is 226 Å². The third-order valence-electron chi connectivity index (χ3n) is 10.2. The fraction of sp³-hybridized carbons (Fsp3) is 0.827. The van der Waals surface area contributed by atoms with Crippen LogP contribution >= 0.6 is 0 Å². The summed E-state index contributed by atoms with van der Waals surface area (Å²) in [7, 11) is 0.0926. The lowest BCUT2D eigenvalue weighted by molar-refractivity contribution is -0.125. The zero-order valence-corrected chi connectivity index (χ0v) is 49.3. The van der Waals surface area contributed by atoms with E-state index in [1.807, 2.05) is 86.2 Å². The van der Waals surface area contributed by atoms with Gasteiger partial charge in [-0.1, -0.05) is 73.4 Å². The number of carbonyl (C=O) groups excluding carboxylic acids is 4. The van der Waals surface area contributed by atoms with Crippen LogP contribution in [0.15, 0.2) is 23.0 Å². The van der Waals surface area contributed by atoms with Crippen LogP contribution in [0.3, 0.4) is 0 Å². The molecule has 2 aromatic rings. The van der Waals surface area contributed by atoms with Gasteiger partial charge < -0.3 is 36.0 Å². The lowest BCUT2D eigenvalue weighted by Crippen LogP contribution is -2.44. The van der Waals surface area contributed by atoms with Crippen LogP contribution < -0.4 is 26.6 Å². The predicted molar refractivity (Wildman–Crippen MR) is 294 cm³/mol. The van der Waals surface area contributed by atoms with Crippen molar-refractivity contribution < 1.29 is 33.5 Å². The number of piperazine rings is 1. The molecule has 2 saturated carbocycles. The molecule has 2 aliphatic carbocycles. The van der Waals surface area contributed by atoms with Gasteiger partial charge in [0.05, 0.1) is 5.25 Å². The van der Waals surface area contributed by atoms with Gasteiger partial charge in [-0.2, -0.15) is 10.1 Å². The van der Waals surface area contributed by atoms with E-state index in [2.05, 4.69) is 74.4 Å². The molecule has 0 aromatic carbocycles. The molecule has 5 rings (SSSR count). The average molecular weight is 1030 g/mol. The minimum absolute atomic E-state index is 0. The maximum atomic E-state index is 11.2. The van der Waals surface area contributed by atoms with E-state index >= 15 is 0 Å². The third kappa shape index (κ3) is 41.3. The van der Waals surface area contributed by atoms with Crippen molar-refractivity contribution >= 4 is 33.7 Å². The molecular formula is C52H107N11O7S. The van der Waals surface area contributed by atoms with Gasteiger partial charge in [0, 0.05) is 129 Å². The number of nitrogens with zero attached hydrogens (tertiary/aromatic N) is 6. The number of hydrogen-bond acceptors (Lipinski definition) is 12. The van der Waals surface area contributed by atoms with E-state index in [0.29, 0.717) is 29.9 Å². The summed E-state index contributed by atoms with van der Waals surface area (Å²) in [4.78, 5) is 49.1. The molecule has 3 fully saturated rings. The van der Waals surface area contributed by atoms with Crippen LogP contribution in [0, 0.1) is 24.7 Å². The first kappa shape index (κ1) is 71.3. The molecular weight excluding hydrogens is 923 g/mol. The van der Waals surface area contributed by atoms with E-state index in [9.17, 15) is 27.6 Å². The number of nitrogens with one attached hydrogen (secondary N) is 5. The first-order chi connectivity index (χ1) is 32.8. The van der Waals surface area contributed by atoms with E-state index in [0.717, 1.165) is 11.7 Å². The van der Waals surface area contributed by atoms with Crippen LogP contribution in [0.5, 0.6) is 0 Å². The molecule has 0 spiro atoms. The molecule has 71 heavy (non-hydrogen) atoms. The first-order valence-electron chi connectivity index (χ1n) is 26.1. The summed E-state index contributed by atoms with van der Waals surface area (Å²) in [5, 5.41) is 22.1. The Balaban J connectivity index is -0.000000368. The summed E-state index contributed by atoms with van der Waals surface area (Å²) < 4.78 is 29.8. The van der Waals surface area contributed by atoms with Crippen molar-refractivity contribution in [2.45, 2.75) is 218 Å². The Morgan fingerprint density at radius 1 is 0.746 bits per heavy atom. The predicted octanol–water partition coefficient (Wildman–Crippen LogP) is 8.12. The van der Waals surface area contributed by atoms with Gasteiger partial charge in [-0.15, -0.1) is 0 Å². The monoisotopic (exact) mass is 1030 g/mol. The van der Waals surface area contributed by atoms with Gasteiger partial charge in [0.1, 0.15) is 0 Å². The molecule has 3 heterocycles. The standard InChI is InChI=1S/C9H17NO.C8H18N2.C8H15NO.C6H10N2O.C6H10N2.C5H13NO2S.2C5H11NO.H2/c1-7(2)9(11)10-8-5-3-4-6-8;1-8(2)7-10-5-3-9-4-6-10;1-6(2)8(10)9-7-4-3-5-7;1-4(2)6-7-5(3)9-8-6;1-6(2)8-5-3-4-7-8;1-5(2)9(7,8)6(3)4;2*1-4(2)6-5(3)7;/h7-8H,3-6H2,1-2H3,(H,10,11);8-9H,3-7H2,1-2H3;6-7H,3-5H2,1-2H3,(H,9,10);4H,1-3H3;3-6H,1-2H3;5H,1-4H3;2*4H,1-3H3,(H,6,7);1H. The zero-order valence-electron chi connectivity index (χ0n) is 48.4. The Labute approximate surface area is 434 Å². The largest absolute Gasteiger partial charge is 0.354 e.